The molecule has 0 aromatic heterocycles. The zero-order chi connectivity index (χ0) is 40.7. The van der Waals surface area contributed by atoms with E-state index in [1.54, 1.807) is 34.1 Å². The molecular formula is C40H59GdN5O10. The molecule has 1 heterocycles. The van der Waals surface area contributed by atoms with E-state index in [9.17, 15) is 44.4 Å². The maximum Gasteiger partial charge on any atom is 0.325 e. The number of benzene rings is 2. The molecule has 1 saturated heterocycles. The summed E-state index contributed by atoms with van der Waals surface area (Å²) in [6.45, 7) is 10.1. The number of ether oxygens (including phenoxy) is 1. The van der Waals surface area contributed by atoms with Crippen molar-refractivity contribution < 1.29 is 89.1 Å². The van der Waals surface area contributed by atoms with Gasteiger partial charge in [0.05, 0.1) is 26.2 Å². The maximum absolute atomic E-state index is 13.3. The number of nitrogens with one attached hydrogen (secondary N) is 1. The summed E-state index contributed by atoms with van der Waals surface area (Å²) in [7, 11) is 0. The number of carboxylic acids is 4. The minimum Gasteiger partial charge on any atom is -0.494 e. The zero-order valence-corrected chi connectivity index (χ0v) is 35.3. The molecule has 0 spiro atoms. The van der Waals surface area contributed by atoms with E-state index in [1.807, 2.05) is 68.7 Å². The van der Waals surface area contributed by atoms with E-state index in [4.69, 9.17) is 4.74 Å². The number of nitrogens with zero attached hydrogens (tertiary/aromatic N) is 4. The minimum absolute atomic E-state index is 0. The van der Waals surface area contributed by atoms with Gasteiger partial charge in [0.2, 0.25) is 0 Å². The van der Waals surface area contributed by atoms with Gasteiger partial charge in [-0.15, -0.1) is 0 Å². The SMILES string of the molecule is CCOc1ccc(CNC(=O)c2ccc(C(C(=O)O)N3C[C@@H](CC)N(CC(=O)O)C[C@@H](CC)N(CC(=O)O)C[C@@H](CC)N(CC(=O)O)C[C@H]3CC)cc2)cc1.[Gd]. The van der Waals surface area contributed by atoms with Crippen molar-refractivity contribution in [3.05, 3.63) is 65.2 Å². The zero-order valence-electron chi connectivity index (χ0n) is 33.1. The van der Waals surface area contributed by atoms with Crippen LogP contribution in [0, 0.1) is 39.9 Å². The van der Waals surface area contributed by atoms with Crippen LogP contribution in [0.15, 0.2) is 48.5 Å². The Morgan fingerprint density at radius 3 is 1.46 bits per heavy atom. The third-order valence-corrected chi connectivity index (χ3v) is 10.4. The van der Waals surface area contributed by atoms with Gasteiger partial charge in [-0.3, -0.25) is 43.6 Å². The molecule has 0 bridgehead atoms. The number of aliphatic carboxylic acids is 4. The van der Waals surface area contributed by atoms with Crippen LogP contribution in [-0.4, -0.2) is 146 Å². The van der Waals surface area contributed by atoms with Gasteiger partial charge in [0.25, 0.3) is 5.91 Å². The van der Waals surface area contributed by atoms with Crippen LogP contribution < -0.4 is 10.1 Å². The van der Waals surface area contributed by atoms with Crippen molar-refractivity contribution in [2.75, 3.05) is 52.4 Å². The molecule has 0 aliphatic carbocycles. The van der Waals surface area contributed by atoms with E-state index in [0.717, 1.165) is 11.3 Å². The summed E-state index contributed by atoms with van der Waals surface area (Å²) < 4.78 is 5.48. The van der Waals surface area contributed by atoms with E-state index in [1.165, 1.54) is 0 Å². The first-order chi connectivity index (χ1) is 26.2. The second-order valence-corrected chi connectivity index (χ2v) is 14.0. The molecule has 5 N–H and O–H groups in total. The summed E-state index contributed by atoms with van der Waals surface area (Å²) in [4.78, 5) is 70.4. The molecule has 5 atom stereocenters. The van der Waals surface area contributed by atoms with Crippen molar-refractivity contribution >= 4 is 29.8 Å². The second kappa shape index (κ2) is 24.5. The minimum atomic E-state index is -1.22. The summed E-state index contributed by atoms with van der Waals surface area (Å²) in [6.07, 6.45) is 1.91. The van der Waals surface area contributed by atoms with Crippen LogP contribution in [0.25, 0.3) is 0 Å². The Balaban J connectivity index is 0.0000108. The fourth-order valence-electron chi connectivity index (χ4n) is 7.49. The van der Waals surface area contributed by atoms with Gasteiger partial charge in [-0.2, -0.15) is 0 Å². The van der Waals surface area contributed by atoms with E-state index in [2.05, 4.69) is 5.32 Å². The topological polar surface area (TPSA) is 200 Å². The Labute approximate surface area is 362 Å². The summed E-state index contributed by atoms with van der Waals surface area (Å²) in [5, 5.41) is 43.7. The maximum atomic E-state index is 13.3. The van der Waals surface area contributed by atoms with Gasteiger partial charge in [0, 0.05) is 102 Å². The van der Waals surface area contributed by atoms with Crippen molar-refractivity contribution in [3.8, 4) is 5.75 Å². The Kier molecular flexibility index (Phi) is 21.4. The van der Waals surface area contributed by atoms with E-state index < -0.39 is 48.0 Å². The number of hydrogen-bond acceptors (Lipinski definition) is 10. The first-order valence-corrected chi connectivity index (χ1v) is 19.2. The fourth-order valence-corrected chi connectivity index (χ4v) is 7.49. The summed E-state index contributed by atoms with van der Waals surface area (Å²) >= 11 is 0. The van der Waals surface area contributed by atoms with Crippen LogP contribution in [0.1, 0.15) is 87.8 Å². The third-order valence-electron chi connectivity index (χ3n) is 10.4. The third kappa shape index (κ3) is 14.6. The fraction of sp³-hybridized carbons (Fsp3) is 0.575. The number of carbonyl (C=O) groups excluding carboxylic acids is 1. The first-order valence-electron chi connectivity index (χ1n) is 19.2. The molecule has 56 heavy (non-hydrogen) atoms. The van der Waals surface area contributed by atoms with Crippen LogP contribution >= 0.6 is 0 Å². The van der Waals surface area contributed by atoms with Crippen LogP contribution in [0.4, 0.5) is 0 Å². The molecule has 15 nitrogen and oxygen atoms in total. The molecule has 0 saturated carbocycles. The van der Waals surface area contributed by atoms with Crippen LogP contribution in [0.5, 0.6) is 5.75 Å². The molecule has 16 heteroatoms. The average Bonchev–Trinajstić information content (AvgIpc) is 3.14. The Hall–Kier alpha value is -3.25. The molecule has 1 aliphatic heterocycles. The molecule has 3 rings (SSSR count). The van der Waals surface area contributed by atoms with E-state index >= 15 is 0 Å². The number of carboxylic acid groups (broad SMARTS) is 4. The average molecular weight is 927 g/mol. The van der Waals surface area contributed by atoms with E-state index in [0.29, 0.717) is 43.4 Å². The van der Waals surface area contributed by atoms with Gasteiger partial charge < -0.3 is 30.5 Å². The van der Waals surface area contributed by atoms with Crippen molar-refractivity contribution in [2.45, 2.75) is 97.1 Å². The quantitative estimate of drug-likeness (QED) is 0.145. The standard InChI is InChI=1S/C40H59N5O10.Gd/c1-6-30-21-43(25-36(48)49)32(8-3)23-45(33(9-4)22-44(26-37(50)51)31(7-2)20-42(30)24-35(46)47)38(40(53)54)28-13-15-29(16-14-28)39(52)41-19-27-11-17-34(18-12-27)55-10-5;/h11-18,30-33,38H,6-10,19-26H2,1-5H3,(H,41,52)(H,46,47)(H,48,49)(H,50,51)(H,53,54);/t30-,31-,32-,33-,38?;/m1./s1. The van der Waals surface area contributed by atoms with Crippen molar-refractivity contribution in [1.29, 1.82) is 0 Å². The molecule has 1 unspecified atom stereocenters. The van der Waals surface area contributed by atoms with Crippen LogP contribution in [0.2, 0.25) is 0 Å². The summed E-state index contributed by atoms with van der Waals surface area (Å²) in [5.74, 6) is -3.91. The normalized spacial score (nSPS) is 21.1. The van der Waals surface area contributed by atoms with Gasteiger partial charge in [-0.05, 0) is 68.0 Å². The number of rotatable bonds is 18. The molecule has 2 aromatic carbocycles. The van der Waals surface area contributed by atoms with Gasteiger partial charge in [0.1, 0.15) is 11.8 Å². The molecule has 0 radical (unpaired) electrons. The second-order valence-electron chi connectivity index (χ2n) is 14.0. The predicted molar refractivity (Wildman–Crippen MR) is 206 cm³/mol. The molecular weight excluding hydrogens is 868 g/mol. The van der Waals surface area contributed by atoms with Gasteiger partial charge in [-0.25, -0.2) is 0 Å². The number of amides is 1. The monoisotopic (exact) mass is 927 g/mol. The van der Waals surface area contributed by atoms with Crippen LogP contribution in [-0.2, 0) is 25.7 Å². The molecule has 1 amide bonds. The molecule has 2 aromatic rings. The smallest absolute Gasteiger partial charge is 0.325 e. The van der Waals surface area contributed by atoms with E-state index in [-0.39, 0.29) is 104 Å². The van der Waals surface area contributed by atoms with Crippen molar-refractivity contribution in [3.63, 3.8) is 0 Å². The van der Waals surface area contributed by atoms with Gasteiger partial charge in [-0.1, -0.05) is 52.0 Å². The number of hydrogen-bond donors (Lipinski definition) is 5. The largest absolute Gasteiger partial charge is 0.494 e. The Morgan fingerprint density at radius 1 is 0.643 bits per heavy atom. The first kappa shape index (κ1) is 48.9. The molecule has 1 fully saturated rings. The van der Waals surface area contributed by atoms with Crippen molar-refractivity contribution in [1.82, 2.24) is 24.9 Å². The van der Waals surface area contributed by atoms with Gasteiger partial charge >= 0.3 is 23.9 Å². The summed E-state index contributed by atoms with van der Waals surface area (Å²) in [6, 6.07) is 10.9. The van der Waals surface area contributed by atoms with Crippen molar-refractivity contribution in [2.24, 2.45) is 0 Å². The Bertz CT molecular complexity index is 1550. The summed E-state index contributed by atoms with van der Waals surface area (Å²) in [5.41, 5.74) is 1.63. The van der Waals surface area contributed by atoms with Gasteiger partial charge in [0.15, 0.2) is 0 Å². The number of carbonyl (C=O) groups is 5. The van der Waals surface area contributed by atoms with Crippen LogP contribution in [0.3, 0.4) is 0 Å². The molecule has 312 valence electrons. The predicted octanol–water partition coefficient (Wildman–Crippen LogP) is 3.73. The Morgan fingerprint density at radius 2 is 1.07 bits per heavy atom. The molecule has 1 aliphatic rings.